The average molecular weight is 587 g/mol. The standard InChI is InChI=1S/C29H30ClF3N6O2/c30-21-6-8-25(36-16-21)38-27(41)39-17-28(32,33)15-24(39)26(40)37-23-14-20(5-7-22(23)31)29(34,11-9-18-3-4-18)19-2-1-12-35-13-10-19/h1,5-8,10,12-14,16,18,24H,2-4,9,11,15,17,34H2,(H,37,40)(H,36,38,41)/t24-,29?/m1/s1. The van der Waals surface area contributed by atoms with Crippen molar-refractivity contribution in [3.05, 3.63) is 76.9 Å². The van der Waals surface area contributed by atoms with Crippen LogP contribution in [0.1, 0.15) is 44.1 Å². The Labute approximate surface area is 240 Å². The summed E-state index contributed by atoms with van der Waals surface area (Å²) in [5, 5.41) is 5.16. The van der Waals surface area contributed by atoms with Crippen LogP contribution >= 0.6 is 11.6 Å². The van der Waals surface area contributed by atoms with E-state index >= 15 is 4.39 Å². The second-order valence-electron chi connectivity index (χ2n) is 10.7. The minimum atomic E-state index is -3.32. The molecule has 8 nitrogen and oxygen atoms in total. The van der Waals surface area contributed by atoms with Gasteiger partial charge in [0.15, 0.2) is 0 Å². The lowest BCUT2D eigenvalue weighted by atomic mass is 9.77. The second-order valence-corrected chi connectivity index (χ2v) is 11.1. The Morgan fingerprint density at radius 2 is 2.00 bits per heavy atom. The zero-order chi connectivity index (χ0) is 29.2. The third-order valence-corrected chi connectivity index (χ3v) is 7.87. The first-order valence-corrected chi connectivity index (χ1v) is 13.8. The van der Waals surface area contributed by atoms with Crippen LogP contribution in [0.15, 0.2) is 65.4 Å². The number of carbonyl (C=O) groups is 2. The Bertz CT molecular complexity index is 1410. The molecule has 5 rings (SSSR count). The van der Waals surface area contributed by atoms with Gasteiger partial charge in [-0.1, -0.05) is 36.6 Å². The number of aromatic nitrogens is 1. The molecule has 0 spiro atoms. The predicted molar refractivity (Wildman–Crippen MR) is 152 cm³/mol. The summed E-state index contributed by atoms with van der Waals surface area (Å²) in [5.41, 5.74) is 7.30. The highest BCUT2D eigenvalue weighted by molar-refractivity contribution is 6.30. The number of likely N-dealkylation sites (tertiary alicyclic amines) is 1. The summed E-state index contributed by atoms with van der Waals surface area (Å²) < 4.78 is 43.9. The van der Waals surface area contributed by atoms with E-state index in [1.807, 2.05) is 12.2 Å². The smallest absolute Gasteiger partial charge is 0.322 e. The quantitative estimate of drug-likeness (QED) is 0.351. The summed E-state index contributed by atoms with van der Waals surface area (Å²) >= 11 is 5.80. The number of anilines is 2. The van der Waals surface area contributed by atoms with Gasteiger partial charge in [-0.25, -0.2) is 22.9 Å². The Hall–Kier alpha value is -3.70. The summed E-state index contributed by atoms with van der Waals surface area (Å²) in [5.74, 6) is -4.34. The van der Waals surface area contributed by atoms with Gasteiger partial charge in [0.25, 0.3) is 5.92 Å². The molecular weight excluding hydrogens is 557 g/mol. The molecule has 1 aromatic heterocycles. The molecule has 12 heteroatoms. The van der Waals surface area contributed by atoms with E-state index in [2.05, 4.69) is 20.6 Å². The number of nitrogens with zero attached hydrogens (tertiary/aromatic N) is 3. The maximum Gasteiger partial charge on any atom is 0.323 e. The van der Waals surface area contributed by atoms with Crippen molar-refractivity contribution in [2.45, 2.75) is 56.0 Å². The molecule has 1 saturated heterocycles. The number of benzene rings is 1. The van der Waals surface area contributed by atoms with Crippen molar-refractivity contribution >= 4 is 41.3 Å². The van der Waals surface area contributed by atoms with Crippen LogP contribution in [0.5, 0.6) is 0 Å². The van der Waals surface area contributed by atoms with Crippen LogP contribution in [0.3, 0.4) is 0 Å². The molecule has 0 bridgehead atoms. The number of aliphatic imine (C=N–C) groups is 1. The van der Waals surface area contributed by atoms with Crippen molar-refractivity contribution in [3.63, 3.8) is 0 Å². The maximum absolute atomic E-state index is 15.0. The molecule has 1 aliphatic carbocycles. The van der Waals surface area contributed by atoms with Gasteiger partial charge < -0.3 is 16.0 Å². The molecule has 1 aromatic carbocycles. The molecular formula is C29H30ClF3N6O2. The van der Waals surface area contributed by atoms with Gasteiger partial charge in [0.2, 0.25) is 5.91 Å². The van der Waals surface area contributed by atoms with Crippen LogP contribution < -0.4 is 16.4 Å². The maximum atomic E-state index is 15.0. The molecule has 1 unspecified atom stereocenters. The van der Waals surface area contributed by atoms with E-state index in [4.69, 9.17) is 17.3 Å². The first-order valence-electron chi connectivity index (χ1n) is 13.4. The molecule has 2 aliphatic heterocycles. The van der Waals surface area contributed by atoms with Crippen LogP contribution in [0.2, 0.25) is 5.02 Å². The van der Waals surface area contributed by atoms with E-state index < -0.39 is 48.2 Å². The first-order chi connectivity index (χ1) is 19.5. The number of carbonyl (C=O) groups excluding carboxylic acids is 2. The first kappa shape index (κ1) is 28.8. The normalized spacial score (nSPS) is 21.1. The lowest BCUT2D eigenvalue weighted by molar-refractivity contribution is -0.119. The number of hydrogen-bond acceptors (Lipinski definition) is 5. The molecule has 2 aromatic rings. The second kappa shape index (κ2) is 11.7. The Morgan fingerprint density at radius 1 is 1.20 bits per heavy atom. The monoisotopic (exact) mass is 586 g/mol. The Kier molecular flexibility index (Phi) is 8.19. The third-order valence-electron chi connectivity index (χ3n) is 7.64. The molecule has 0 radical (unpaired) electrons. The van der Waals surface area contributed by atoms with E-state index in [0.29, 0.717) is 29.3 Å². The van der Waals surface area contributed by atoms with Crippen LogP contribution in [0, 0.1) is 11.7 Å². The van der Waals surface area contributed by atoms with Gasteiger partial charge in [0.1, 0.15) is 17.7 Å². The van der Waals surface area contributed by atoms with Gasteiger partial charge in [-0.15, -0.1) is 0 Å². The van der Waals surface area contributed by atoms with Crippen LogP contribution in [-0.2, 0) is 10.3 Å². The molecule has 1 saturated carbocycles. The topological polar surface area (TPSA) is 113 Å². The summed E-state index contributed by atoms with van der Waals surface area (Å²) in [6.45, 7) is -0.983. The molecule has 216 valence electrons. The molecule has 3 amide bonds. The minimum absolute atomic E-state index is 0.0747. The zero-order valence-corrected chi connectivity index (χ0v) is 22.9. The molecule has 2 fully saturated rings. The summed E-state index contributed by atoms with van der Waals surface area (Å²) in [6, 6.07) is 4.60. The van der Waals surface area contributed by atoms with Crippen molar-refractivity contribution in [2.24, 2.45) is 16.6 Å². The fraction of sp³-hybridized carbons (Fsp3) is 0.379. The minimum Gasteiger partial charge on any atom is -0.322 e. The zero-order valence-electron chi connectivity index (χ0n) is 22.1. The highest BCUT2D eigenvalue weighted by atomic mass is 35.5. The Balaban J connectivity index is 1.38. The van der Waals surface area contributed by atoms with Crippen LogP contribution in [0.4, 0.5) is 29.5 Å². The summed E-state index contributed by atoms with van der Waals surface area (Å²) in [7, 11) is 0. The van der Waals surface area contributed by atoms with E-state index in [1.54, 1.807) is 18.5 Å². The van der Waals surface area contributed by atoms with Crippen LogP contribution in [0.25, 0.3) is 0 Å². The predicted octanol–water partition coefficient (Wildman–Crippen LogP) is 6.01. The Morgan fingerprint density at radius 3 is 2.73 bits per heavy atom. The molecule has 4 N–H and O–H groups in total. The summed E-state index contributed by atoms with van der Waals surface area (Å²) in [4.78, 5) is 34.9. The third kappa shape index (κ3) is 6.79. The van der Waals surface area contributed by atoms with Crippen molar-refractivity contribution in [1.29, 1.82) is 0 Å². The van der Waals surface area contributed by atoms with Gasteiger partial charge in [-0.2, -0.15) is 0 Å². The number of hydrogen-bond donors (Lipinski definition) is 3. The molecule has 3 aliphatic rings. The van der Waals surface area contributed by atoms with E-state index in [0.717, 1.165) is 29.7 Å². The van der Waals surface area contributed by atoms with Gasteiger partial charge in [-0.05, 0) is 66.7 Å². The number of urea groups is 1. The van der Waals surface area contributed by atoms with Gasteiger partial charge >= 0.3 is 6.03 Å². The van der Waals surface area contributed by atoms with Gasteiger partial charge in [0, 0.05) is 25.0 Å². The van der Waals surface area contributed by atoms with Crippen molar-refractivity contribution in [1.82, 2.24) is 9.88 Å². The number of allylic oxidation sites excluding steroid dienone is 2. The van der Waals surface area contributed by atoms with Crippen molar-refractivity contribution in [3.8, 4) is 0 Å². The highest BCUT2D eigenvalue weighted by Crippen LogP contribution is 2.42. The number of alkyl halides is 2. The number of amides is 3. The molecule has 41 heavy (non-hydrogen) atoms. The fourth-order valence-corrected chi connectivity index (χ4v) is 5.27. The van der Waals surface area contributed by atoms with Gasteiger partial charge in [0.05, 0.1) is 22.8 Å². The van der Waals surface area contributed by atoms with Crippen molar-refractivity contribution in [2.75, 3.05) is 17.2 Å². The van der Waals surface area contributed by atoms with E-state index in [1.165, 1.54) is 30.5 Å². The summed E-state index contributed by atoms with van der Waals surface area (Å²) in [6.07, 6.45) is 11.8. The van der Waals surface area contributed by atoms with Gasteiger partial charge in [-0.3, -0.25) is 15.1 Å². The molecule has 2 atom stereocenters. The number of nitrogens with one attached hydrogen (secondary N) is 2. The number of rotatable bonds is 8. The SMILES string of the molecule is NC(CCC1CC1)(C1=CC=NC=CC1)c1ccc(F)c(NC(=O)[C@H]2CC(F)(F)CN2C(=O)Nc2ccc(Cl)cn2)c1. The van der Waals surface area contributed by atoms with Crippen molar-refractivity contribution < 1.29 is 22.8 Å². The lowest BCUT2D eigenvalue weighted by Gasteiger charge is -2.33. The number of pyridine rings is 1. The number of halogens is 4. The molecule has 3 heterocycles. The highest BCUT2D eigenvalue weighted by Gasteiger charge is 2.50. The van der Waals surface area contributed by atoms with Crippen LogP contribution in [-0.4, -0.2) is 46.5 Å². The van der Waals surface area contributed by atoms with E-state index in [-0.39, 0.29) is 11.5 Å². The lowest BCUT2D eigenvalue weighted by Crippen LogP contribution is -2.45. The fourth-order valence-electron chi connectivity index (χ4n) is 5.16. The number of nitrogens with two attached hydrogens (primary N) is 1. The average Bonchev–Trinajstić information content (AvgIpc) is 3.75. The van der Waals surface area contributed by atoms with E-state index in [9.17, 15) is 18.4 Å². The largest absolute Gasteiger partial charge is 0.323 e.